The van der Waals surface area contributed by atoms with E-state index in [2.05, 4.69) is 5.32 Å². The Balaban J connectivity index is 1.73. The Kier molecular flexibility index (Phi) is 9.39. The summed E-state index contributed by atoms with van der Waals surface area (Å²) < 4.78 is 23.3. The number of benzene rings is 1. The van der Waals surface area contributed by atoms with Crippen LogP contribution in [0.15, 0.2) is 35.9 Å². The number of carbonyl (C=O) groups excluding carboxylic acids is 3. The number of fused-ring (bicyclic) bond motifs is 5. The predicted molar refractivity (Wildman–Crippen MR) is 156 cm³/mol. The predicted octanol–water partition coefficient (Wildman–Crippen LogP) is 5.38. The highest BCUT2D eigenvalue weighted by Crippen LogP contribution is 2.48. The lowest BCUT2D eigenvalue weighted by Gasteiger charge is -2.33. The van der Waals surface area contributed by atoms with Gasteiger partial charge in [0.2, 0.25) is 5.91 Å². The highest BCUT2D eigenvalue weighted by atomic mass is 35.5. The van der Waals surface area contributed by atoms with E-state index in [0.29, 0.717) is 35.7 Å². The number of nitrogens with zero attached hydrogens (tertiary/aromatic N) is 1. The summed E-state index contributed by atoms with van der Waals surface area (Å²) in [6.07, 6.45) is 5.73. The molecule has 0 spiro atoms. The lowest BCUT2D eigenvalue weighted by Crippen LogP contribution is -2.49. The van der Waals surface area contributed by atoms with E-state index in [1.807, 2.05) is 51.1 Å². The molecule has 1 aromatic carbocycles. The van der Waals surface area contributed by atoms with Crippen LogP contribution >= 0.6 is 11.6 Å². The molecule has 0 radical (unpaired) electrons. The van der Waals surface area contributed by atoms with Crippen LogP contribution in [0.2, 0.25) is 5.02 Å². The number of epoxide rings is 1. The van der Waals surface area contributed by atoms with Crippen LogP contribution in [-0.4, -0.2) is 62.1 Å². The maximum Gasteiger partial charge on any atom is 0.407 e. The average Bonchev–Trinajstić information content (AvgIpc) is 3.62. The molecule has 9 nitrogen and oxygen atoms in total. The van der Waals surface area contributed by atoms with Crippen LogP contribution in [0.25, 0.3) is 0 Å². The Morgan fingerprint density at radius 1 is 1.27 bits per heavy atom. The first-order valence-corrected chi connectivity index (χ1v) is 14.5. The Morgan fingerprint density at radius 2 is 2.00 bits per heavy atom. The van der Waals surface area contributed by atoms with Gasteiger partial charge in [-0.05, 0) is 44.4 Å². The van der Waals surface area contributed by atoms with Gasteiger partial charge in [0.25, 0.3) is 0 Å². The van der Waals surface area contributed by atoms with Gasteiger partial charge in [-0.1, -0.05) is 56.2 Å². The number of hydrogen-bond acceptors (Lipinski definition) is 7. The monoisotopic (exact) mass is 588 g/mol. The standard InChI is InChI=1S/C31H41ClN2O7/c1-17(2)29(36)40-25-16-26(35)34(6)22-13-20(14-24(38-7)27(22)32)12-18(3)10-8-9-11-21-15-23(39-30(37)33-21)19(4)28-31(25,5)41-28/h8-10,13-14,17,19,21,23,25,28H,11-12,15-16H2,1-7H3,(H,33,37)/b9-8+,18-10+/t19-,21+,23+,25?,28+,31+/m1/s1. The van der Waals surface area contributed by atoms with Crippen molar-refractivity contribution in [1.29, 1.82) is 0 Å². The molecule has 2 saturated heterocycles. The molecule has 224 valence electrons. The van der Waals surface area contributed by atoms with Gasteiger partial charge >= 0.3 is 12.1 Å². The number of allylic oxidation sites excluding steroid dienone is 3. The molecule has 0 saturated carbocycles. The van der Waals surface area contributed by atoms with Crippen LogP contribution in [0.5, 0.6) is 5.75 Å². The molecule has 3 aliphatic rings. The maximum absolute atomic E-state index is 13.7. The number of hydrogen-bond donors (Lipinski definition) is 1. The Hall–Kier alpha value is -3.04. The zero-order valence-corrected chi connectivity index (χ0v) is 25.6. The van der Waals surface area contributed by atoms with Crippen molar-refractivity contribution in [1.82, 2.24) is 5.32 Å². The van der Waals surface area contributed by atoms with Crippen molar-refractivity contribution in [2.24, 2.45) is 11.8 Å². The molecule has 4 bridgehead atoms. The second kappa shape index (κ2) is 12.4. The summed E-state index contributed by atoms with van der Waals surface area (Å²) in [6.45, 7) is 9.32. The third kappa shape index (κ3) is 6.89. The minimum atomic E-state index is -0.930. The lowest BCUT2D eigenvalue weighted by molar-refractivity contribution is -0.157. The maximum atomic E-state index is 13.7. The molecule has 6 atom stereocenters. The molecule has 2 fully saturated rings. The molecule has 1 unspecified atom stereocenters. The fraction of sp³-hybridized carbons (Fsp3) is 0.581. The first kappa shape index (κ1) is 30.9. The van der Waals surface area contributed by atoms with Gasteiger partial charge in [-0.15, -0.1) is 0 Å². The van der Waals surface area contributed by atoms with Crippen molar-refractivity contribution in [3.05, 3.63) is 46.5 Å². The van der Waals surface area contributed by atoms with E-state index >= 15 is 0 Å². The molecule has 2 amide bonds. The second-order valence-corrected chi connectivity index (χ2v) is 12.2. The van der Waals surface area contributed by atoms with Crippen molar-refractivity contribution in [3.8, 4) is 5.75 Å². The van der Waals surface area contributed by atoms with Crippen LogP contribution in [0.1, 0.15) is 59.4 Å². The van der Waals surface area contributed by atoms with E-state index in [0.717, 1.165) is 11.1 Å². The van der Waals surface area contributed by atoms with Crippen LogP contribution in [0.4, 0.5) is 10.5 Å². The number of anilines is 1. The minimum absolute atomic E-state index is 0.0892. The number of methoxy groups -OCH3 is 1. The largest absolute Gasteiger partial charge is 0.495 e. The molecule has 1 N–H and O–H groups in total. The highest BCUT2D eigenvalue weighted by Gasteiger charge is 2.63. The van der Waals surface area contributed by atoms with Gasteiger partial charge in [0.1, 0.15) is 28.6 Å². The Bertz CT molecular complexity index is 1250. The van der Waals surface area contributed by atoms with Crippen molar-refractivity contribution < 1.29 is 33.3 Å². The molecule has 0 aromatic heterocycles. The number of halogens is 1. The number of rotatable bonds is 3. The third-order valence-electron chi connectivity index (χ3n) is 8.23. The molecule has 0 aliphatic carbocycles. The minimum Gasteiger partial charge on any atom is -0.495 e. The Morgan fingerprint density at radius 3 is 2.68 bits per heavy atom. The molecule has 3 aliphatic heterocycles. The van der Waals surface area contributed by atoms with Crippen molar-refractivity contribution in [2.45, 2.75) is 90.3 Å². The van der Waals surface area contributed by atoms with Crippen LogP contribution < -0.4 is 15.0 Å². The zero-order valence-electron chi connectivity index (χ0n) is 24.9. The Labute approximate surface area is 247 Å². The third-order valence-corrected chi connectivity index (χ3v) is 8.61. The van der Waals surface area contributed by atoms with Gasteiger partial charge in [0, 0.05) is 25.4 Å². The molecule has 3 heterocycles. The van der Waals surface area contributed by atoms with E-state index in [4.69, 9.17) is 30.5 Å². The first-order valence-electron chi connectivity index (χ1n) is 14.1. The number of carbonyl (C=O) groups is 3. The van der Waals surface area contributed by atoms with E-state index in [1.165, 1.54) is 12.0 Å². The zero-order chi connectivity index (χ0) is 30.1. The molecular weight excluding hydrogens is 548 g/mol. The van der Waals surface area contributed by atoms with Gasteiger partial charge in [-0.25, -0.2) is 4.79 Å². The number of ether oxygens (including phenoxy) is 4. The van der Waals surface area contributed by atoms with Crippen LogP contribution in [0, 0.1) is 11.8 Å². The quantitative estimate of drug-likeness (QED) is 0.373. The normalized spacial score (nSPS) is 32.7. The summed E-state index contributed by atoms with van der Waals surface area (Å²) in [7, 11) is 3.18. The van der Waals surface area contributed by atoms with E-state index < -0.39 is 23.8 Å². The van der Waals surface area contributed by atoms with Gasteiger partial charge in [0.05, 0.1) is 31.2 Å². The van der Waals surface area contributed by atoms with E-state index in [9.17, 15) is 14.4 Å². The fourth-order valence-electron chi connectivity index (χ4n) is 5.58. The van der Waals surface area contributed by atoms with Gasteiger partial charge in [-0.3, -0.25) is 9.59 Å². The molecular formula is C31H41ClN2O7. The van der Waals surface area contributed by atoms with Gasteiger partial charge in [-0.2, -0.15) is 0 Å². The lowest BCUT2D eigenvalue weighted by atomic mass is 9.85. The first-order chi connectivity index (χ1) is 19.3. The van der Waals surface area contributed by atoms with Crippen LogP contribution in [0.3, 0.4) is 0 Å². The SMILES string of the molecule is COc1cc2cc(c1Cl)N(C)C(=O)CC(OC(=O)C(C)C)[C@]1(C)O[C@H]1[C@H](C)[C@@H]1C[C@H](C/C=C/C=C(\C)C2)NC(=O)O1. The molecule has 10 heteroatoms. The fourth-order valence-corrected chi connectivity index (χ4v) is 5.90. The molecule has 4 rings (SSSR count). The summed E-state index contributed by atoms with van der Waals surface area (Å²) in [4.78, 5) is 40.4. The second-order valence-electron chi connectivity index (χ2n) is 11.8. The van der Waals surface area contributed by atoms with Crippen molar-refractivity contribution in [2.75, 3.05) is 19.1 Å². The topological polar surface area (TPSA) is 107 Å². The summed E-state index contributed by atoms with van der Waals surface area (Å²) in [5.41, 5.74) is 1.59. The van der Waals surface area contributed by atoms with E-state index in [-0.39, 0.29) is 42.4 Å². The van der Waals surface area contributed by atoms with Crippen molar-refractivity contribution >= 4 is 35.3 Å². The number of esters is 1. The smallest absolute Gasteiger partial charge is 0.407 e. The van der Waals surface area contributed by atoms with E-state index in [1.54, 1.807) is 20.9 Å². The van der Waals surface area contributed by atoms with Gasteiger partial charge < -0.3 is 29.2 Å². The average molecular weight is 589 g/mol. The van der Waals surface area contributed by atoms with Crippen LogP contribution in [-0.2, 0) is 30.2 Å². The summed E-state index contributed by atoms with van der Waals surface area (Å²) in [6, 6.07) is 3.65. The molecule has 1 aromatic rings. The van der Waals surface area contributed by atoms with Crippen molar-refractivity contribution in [3.63, 3.8) is 0 Å². The number of alkyl carbamates (subject to hydrolysis) is 1. The summed E-state index contributed by atoms with van der Waals surface area (Å²) in [5.74, 6) is -0.826. The summed E-state index contributed by atoms with van der Waals surface area (Å²) >= 11 is 6.68. The highest BCUT2D eigenvalue weighted by molar-refractivity contribution is 6.35. The number of amides is 2. The molecule has 41 heavy (non-hydrogen) atoms. The number of nitrogens with one attached hydrogen (secondary N) is 1. The summed E-state index contributed by atoms with van der Waals surface area (Å²) in [5, 5.41) is 3.22. The van der Waals surface area contributed by atoms with Gasteiger partial charge in [0.15, 0.2) is 0 Å².